The maximum atomic E-state index is 13.4. The van der Waals surface area contributed by atoms with Gasteiger partial charge in [0.15, 0.2) is 22.7 Å². The number of rotatable bonds is 10. The molecular formula is C26H28N2O6S2. The van der Waals surface area contributed by atoms with Crippen molar-refractivity contribution in [1.82, 2.24) is 4.98 Å². The SMILES string of the molecule is CCS(=O)c1ccc(C(OCc2ccccc2)C(=O)Nc2nc3cc(OC)c(OC)cc3s2)cc1.O. The second-order valence-electron chi connectivity index (χ2n) is 7.56. The first kappa shape index (κ1) is 27.3. The number of benzene rings is 3. The highest BCUT2D eigenvalue weighted by Crippen LogP contribution is 2.36. The smallest absolute Gasteiger partial charge is 0.259 e. The fourth-order valence-electron chi connectivity index (χ4n) is 3.52. The molecular weight excluding hydrogens is 500 g/mol. The Labute approximate surface area is 216 Å². The molecule has 0 radical (unpaired) electrons. The van der Waals surface area contributed by atoms with Crippen molar-refractivity contribution >= 4 is 43.4 Å². The van der Waals surface area contributed by atoms with Crippen LogP contribution in [0.15, 0.2) is 71.6 Å². The summed E-state index contributed by atoms with van der Waals surface area (Å²) in [7, 11) is 2.06. The number of nitrogens with one attached hydrogen (secondary N) is 1. The molecule has 0 saturated heterocycles. The van der Waals surface area contributed by atoms with Crippen LogP contribution in [-0.4, -0.2) is 40.5 Å². The van der Waals surface area contributed by atoms with Crippen LogP contribution in [0.25, 0.3) is 10.2 Å². The Balaban J connectivity index is 0.00000361. The van der Waals surface area contributed by atoms with Gasteiger partial charge in [0.05, 0.1) is 41.8 Å². The van der Waals surface area contributed by atoms with E-state index in [1.807, 2.05) is 43.3 Å². The van der Waals surface area contributed by atoms with E-state index in [-0.39, 0.29) is 18.0 Å². The number of nitrogens with zero attached hydrogens (tertiary/aromatic N) is 1. The third kappa shape index (κ3) is 6.27. The third-order valence-corrected chi connectivity index (χ3v) is 7.59. The highest BCUT2D eigenvalue weighted by molar-refractivity contribution is 7.85. The zero-order chi connectivity index (χ0) is 24.8. The molecule has 36 heavy (non-hydrogen) atoms. The number of carbonyl (C=O) groups is 1. The fraction of sp³-hybridized carbons (Fsp3) is 0.231. The van der Waals surface area contributed by atoms with Crippen molar-refractivity contribution in [2.45, 2.75) is 24.5 Å². The molecule has 0 spiro atoms. The predicted molar refractivity (Wildman–Crippen MR) is 142 cm³/mol. The van der Waals surface area contributed by atoms with Crippen LogP contribution < -0.4 is 14.8 Å². The van der Waals surface area contributed by atoms with Gasteiger partial charge < -0.3 is 19.7 Å². The molecule has 10 heteroatoms. The lowest BCUT2D eigenvalue weighted by molar-refractivity contribution is -0.128. The van der Waals surface area contributed by atoms with Crippen molar-refractivity contribution in [3.8, 4) is 11.5 Å². The second kappa shape index (κ2) is 12.6. The van der Waals surface area contributed by atoms with Crippen LogP contribution in [0.4, 0.5) is 5.13 Å². The van der Waals surface area contributed by atoms with E-state index in [0.717, 1.165) is 10.3 Å². The number of fused-ring (bicyclic) bond motifs is 1. The first-order chi connectivity index (χ1) is 17.0. The number of hydrogen-bond donors (Lipinski definition) is 1. The third-order valence-electron chi connectivity index (χ3n) is 5.33. The van der Waals surface area contributed by atoms with Gasteiger partial charge >= 0.3 is 0 Å². The molecule has 1 aromatic heterocycles. The van der Waals surface area contributed by atoms with Crippen molar-refractivity contribution < 1.29 is 28.7 Å². The van der Waals surface area contributed by atoms with Crippen molar-refractivity contribution in [2.75, 3.05) is 25.3 Å². The first-order valence-electron chi connectivity index (χ1n) is 11.0. The number of methoxy groups -OCH3 is 2. The van der Waals surface area contributed by atoms with Crippen LogP contribution in [0.3, 0.4) is 0 Å². The molecule has 2 atom stereocenters. The van der Waals surface area contributed by atoms with Crippen LogP contribution in [0.1, 0.15) is 24.2 Å². The average molecular weight is 529 g/mol. The number of anilines is 1. The minimum atomic E-state index is -1.07. The lowest BCUT2D eigenvalue weighted by Gasteiger charge is -2.18. The molecule has 8 nitrogen and oxygen atoms in total. The summed E-state index contributed by atoms with van der Waals surface area (Å²) in [4.78, 5) is 18.6. The summed E-state index contributed by atoms with van der Waals surface area (Å²) in [6, 6.07) is 20.4. The molecule has 3 N–H and O–H groups in total. The van der Waals surface area contributed by atoms with Gasteiger partial charge in [-0.3, -0.25) is 14.3 Å². The Morgan fingerprint density at radius 2 is 1.69 bits per heavy atom. The highest BCUT2D eigenvalue weighted by Gasteiger charge is 2.24. The van der Waals surface area contributed by atoms with Crippen LogP contribution in [0.5, 0.6) is 11.5 Å². The summed E-state index contributed by atoms with van der Waals surface area (Å²) in [6.45, 7) is 2.13. The van der Waals surface area contributed by atoms with Gasteiger partial charge in [-0.05, 0) is 23.3 Å². The van der Waals surface area contributed by atoms with Crippen LogP contribution in [0.2, 0.25) is 0 Å². The van der Waals surface area contributed by atoms with Gasteiger partial charge in [-0.25, -0.2) is 4.98 Å². The molecule has 0 saturated carbocycles. The Hall–Kier alpha value is -3.31. The number of hydrogen-bond acceptors (Lipinski definition) is 7. The highest BCUT2D eigenvalue weighted by atomic mass is 32.2. The normalized spacial score (nSPS) is 12.4. The van der Waals surface area contributed by atoms with E-state index < -0.39 is 16.9 Å². The van der Waals surface area contributed by atoms with Crippen LogP contribution in [-0.2, 0) is 26.9 Å². The molecule has 0 aliphatic rings. The summed E-state index contributed by atoms with van der Waals surface area (Å²) in [5.74, 6) is 1.34. The number of ether oxygens (including phenoxy) is 3. The summed E-state index contributed by atoms with van der Waals surface area (Å²) < 4.78 is 29.8. The molecule has 2 unspecified atom stereocenters. The van der Waals surface area contributed by atoms with E-state index in [9.17, 15) is 9.00 Å². The van der Waals surface area contributed by atoms with Gasteiger partial charge in [0.1, 0.15) is 0 Å². The predicted octanol–water partition coefficient (Wildman–Crippen LogP) is 4.51. The molecule has 0 aliphatic heterocycles. The largest absolute Gasteiger partial charge is 0.493 e. The Kier molecular flexibility index (Phi) is 9.54. The molecule has 0 fully saturated rings. The average Bonchev–Trinajstić information content (AvgIpc) is 3.29. The van der Waals surface area contributed by atoms with Crippen LogP contribution >= 0.6 is 11.3 Å². The minimum Gasteiger partial charge on any atom is -0.493 e. The number of aromatic nitrogens is 1. The van der Waals surface area contributed by atoms with Gasteiger partial charge in [-0.15, -0.1) is 0 Å². The zero-order valence-electron chi connectivity index (χ0n) is 20.1. The molecule has 0 bridgehead atoms. The van der Waals surface area contributed by atoms with Gasteiger partial charge in [-0.2, -0.15) is 0 Å². The summed E-state index contributed by atoms with van der Waals surface area (Å²) in [5.41, 5.74) is 2.31. The quantitative estimate of drug-likeness (QED) is 0.323. The first-order valence-corrected chi connectivity index (χ1v) is 13.1. The molecule has 1 heterocycles. The molecule has 4 aromatic rings. The molecule has 1 amide bonds. The van der Waals surface area contributed by atoms with Gasteiger partial charge in [0.25, 0.3) is 5.91 Å². The summed E-state index contributed by atoms with van der Waals surface area (Å²) in [5, 5.41) is 3.33. The van der Waals surface area contributed by atoms with E-state index in [1.165, 1.54) is 11.3 Å². The van der Waals surface area contributed by atoms with Gasteiger partial charge in [0, 0.05) is 22.8 Å². The van der Waals surface area contributed by atoms with Crippen LogP contribution in [0, 0.1) is 0 Å². The summed E-state index contributed by atoms with van der Waals surface area (Å²) >= 11 is 1.34. The van der Waals surface area contributed by atoms with E-state index in [1.54, 1.807) is 44.6 Å². The number of thiazole rings is 1. The fourth-order valence-corrected chi connectivity index (χ4v) is 5.17. The van der Waals surface area contributed by atoms with E-state index in [0.29, 0.717) is 38.4 Å². The standard InChI is InChI=1S/C26H26N2O5S2.H2O/c1-4-35(30)19-12-10-18(11-13-19)24(33-16-17-8-6-5-7-9-17)25(29)28-26-27-20-14-21(31-2)22(32-3)15-23(20)34-26;/h5-15,24H,4,16H2,1-3H3,(H,27,28,29);1H2. The number of amides is 1. The number of carbonyl (C=O) groups excluding carboxylic acids is 1. The van der Waals surface area contributed by atoms with E-state index in [2.05, 4.69) is 10.3 Å². The minimum absolute atomic E-state index is 0. The second-order valence-corrected chi connectivity index (χ2v) is 10.3. The maximum Gasteiger partial charge on any atom is 0.259 e. The topological polar surface area (TPSA) is 118 Å². The van der Waals surface area contributed by atoms with Gasteiger partial charge in [-0.1, -0.05) is 60.7 Å². The van der Waals surface area contributed by atoms with E-state index in [4.69, 9.17) is 14.2 Å². The summed E-state index contributed by atoms with van der Waals surface area (Å²) in [6.07, 6.45) is -0.879. The maximum absolute atomic E-state index is 13.4. The lowest BCUT2D eigenvalue weighted by atomic mass is 10.1. The molecule has 190 valence electrons. The van der Waals surface area contributed by atoms with E-state index >= 15 is 0 Å². The molecule has 0 aliphatic carbocycles. The monoisotopic (exact) mass is 528 g/mol. The van der Waals surface area contributed by atoms with Gasteiger partial charge in [0.2, 0.25) is 0 Å². The van der Waals surface area contributed by atoms with Crippen molar-refractivity contribution in [3.05, 3.63) is 77.9 Å². The molecule has 4 rings (SSSR count). The Morgan fingerprint density at radius 3 is 2.33 bits per heavy atom. The Morgan fingerprint density at radius 1 is 1.03 bits per heavy atom. The lowest BCUT2D eigenvalue weighted by Crippen LogP contribution is -2.23. The van der Waals surface area contributed by atoms with Crippen molar-refractivity contribution in [1.29, 1.82) is 0 Å². The van der Waals surface area contributed by atoms with Crippen molar-refractivity contribution in [3.63, 3.8) is 0 Å². The Bertz CT molecular complexity index is 1280. The molecule has 3 aromatic carbocycles. The zero-order valence-corrected chi connectivity index (χ0v) is 21.8. The van der Waals surface area contributed by atoms with Crippen molar-refractivity contribution in [2.24, 2.45) is 0 Å².